The Morgan fingerprint density at radius 1 is 1.39 bits per heavy atom. The van der Waals surface area contributed by atoms with Gasteiger partial charge in [0, 0.05) is 38.7 Å². The van der Waals surface area contributed by atoms with Crippen LogP contribution >= 0.6 is 0 Å². The van der Waals surface area contributed by atoms with Crippen LogP contribution in [0.2, 0.25) is 0 Å². The molecule has 0 unspecified atom stereocenters. The highest BCUT2D eigenvalue weighted by molar-refractivity contribution is 6.04. The molecule has 2 aromatic rings. The molecule has 0 radical (unpaired) electrons. The lowest BCUT2D eigenvalue weighted by molar-refractivity contribution is -0.127. The first-order valence-corrected chi connectivity index (χ1v) is 9.47. The fraction of sp³-hybridized carbons (Fsp3) is 0.500. The number of aromatic amines is 1. The number of likely N-dealkylation sites (tertiary alicyclic amines) is 1. The lowest BCUT2D eigenvalue weighted by Gasteiger charge is -2.31. The minimum atomic E-state index is -0.191. The zero-order valence-electron chi connectivity index (χ0n) is 16.6. The van der Waals surface area contributed by atoms with Gasteiger partial charge in [0.2, 0.25) is 11.8 Å². The van der Waals surface area contributed by atoms with E-state index >= 15 is 0 Å². The van der Waals surface area contributed by atoms with Crippen molar-refractivity contribution in [2.75, 3.05) is 19.6 Å². The number of rotatable bonds is 5. The number of nitrogens with one attached hydrogen (secondary N) is 2. The molecule has 0 saturated carbocycles. The maximum absolute atomic E-state index is 12.5. The van der Waals surface area contributed by atoms with Gasteiger partial charge in [-0.2, -0.15) is 0 Å². The molecule has 1 aliphatic heterocycles. The van der Waals surface area contributed by atoms with Gasteiger partial charge in [0.05, 0.1) is 11.8 Å². The van der Waals surface area contributed by atoms with E-state index in [9.17, 15) is 9.59 Å². The van der Waals surface area contributed by atoms with Gasteiger partial charge in [-0.3, -0.25) is 9.59 Å². The molecule has 8 heteroatoms. The molecular formula is C20H27N5O3. The van der Waals surface area contributed by atoms with E-state index in [0.717, 1.165) is 0 Å². The van der Waals surface area contributed by atoms with Crippen molar-refractivity contribution >= 4 is 23.0 Å². The summed E-state index contributed by atoms with van der Waals surface area (Å²) in [5, 5.41) is 2.93. The number of hydrogen-bond donors (Lipinski definition) is 2. The molecule has 2 aromatic heterocycles. The minimum absolute atomic E-state index is 0.0104. The minimum Gasteiger partial charge on any atom is -0.473 e. The first-order chi connectivity index (χ1) is 13.3. The first kappa shape index (κ1) is 19.9. The summed E-state index contributed by atoms with van der Waals surface area (Å²) in [6.07, 6.45) is 5.89. The standard InChI is InChI=1S/C20H27N5O3/c1-5-16(26)25-8-6-13(7-9-25)28-15-11-22-18-17(24-15)14(10-21-18)19(27)23-12-20(2,3)4/h5,10-11,13H,1,6-9,12H2,2-4H3,(H,21,22)(H,23,27). The van der Waals surface area contributed by atoms with Gasteiger partial charge in [0.1, 0.15) is 11.6 Å². The Morgan fingerprint density at radius 2 is 2.11 bits per heavy atom. The maximum atomic E-state index is 12.5. The Morgan fingerprint density at radius 3 is 2.75 bits per heavy atom. The normalized spacial score (nSPS) is 15.5. The fourth-order valence-electron chi connectivity index (χ4n) is 3.04. The molecule has 8 nitrogen and oxygen atoms in total. The molecule has 3 heterocycles. The van der Waals surface area contributed by atoms with E-state index in [1.165, 1.54) is 6.08 Å². The van der Waals surface area contributed by atoms with Crippen LogP contribution in [0.5, 0.6) is 5.88 Å². The third kappa shape index (κ3) is 4.68. The van der Waals surface area contributed by atoms with Crippen molar-refractivity contribution in [2.45, 2.75) is 39.7 Å². The van der Waals surface area contributed by atoms with Crippen LogP contribution in [0.3, 0.4) is 0 Å². The lowest BCUT2D eigenvalue weighted by atomic mass is 9.97. The number of carbonyl (C=O) groups is 2. The van der Waals surface area contributed by atoms with E-state index in [1.54, 1.807) is 17.3 Å². The van der Waals surface area contributed by atoms with Crippen LogP contribution in [0.1, 0.15) is 44.0 Å². The van der Waals surface area contributed by atoms with Crippen molar-refractivity contribution in [1.29, 1.82) is 0 Å². The predicted molar refractivity (Wildman–Crippen MR) is 106 cm³/mol. The average molecular weight is 385 g/mol. The van der Waals surface area contributed by atoms with E-state index in [-0.39, 0.29) is 23.3 Å². The van der Waals surface area contributed by atoms with Gasteiger partial charge in [-0.1, -0.05) is 27.4 Å². The van der Waals surface area contributed by atoms with Crippen LogP contribution in [0, 0.1) is 5.41 Å². The summed E-state index contributed by atoms with van der Waals surface area (Å²) >= 11 is 0. The molecule has 0 bridgehead atoms. The first-order valence-electron chi connectivity index (χ1n) is 9.47. The molecule has 3 rings (SSSR count). The Bertz CT molecular complexity index is 876. The molecule has 2 amide bonds. The molecule has 2 N–H and O–H groups in total. The van der Waals surface area contributed by atoms with E-state index in [0.29, 0.717) is 55.1 Å². The predicted octanol–water partition coefficient (Wildman–Crippen LogP) is 2.29. The van der Waals surface area contributed by atoms with Crippen molar-refractivity contribution < 1.29 is 14.3 Å². The smallest absolute Gasteiger partial charge is 0.255 e. The number of aromatic nitrogens is 3. The molecular weight excluding hydrogens is 358 g/mol. The van der Waals surface area contributed by atoms with Crippen LogP contribution in [-0.4, -0.2) is 57.4 Å². The van der Waals surface area contributed by atoms with Crippen molar-refractivity contribution in [2.24, 2.45) is 5.41 Å². The molecule has 0 atom stereocenters. The van der Waals surface area contributed by atoms with Crippen LogP contribution in [0.15, 0.2) is 25.0 Å². The summed E-state index contributed by atoms with van der Waals surface area (Å²) in [6, 6.07) is 0. The zero-order valence-corrected chi connectivity index (χ0v) is 16.6. The van der Waals surface area contributed by atoms with E-state index in [2.05, 4.69) is 47.6 Å². The Balaban J connectivity index is 1.68. The molecule has 0 spiro atoms. The number of fused-ring (bicyclic) bond motifs is 1. The van der Waals surface area contributed by atoms with Gasteiger partial charge in [-0.05, 0) is 11.5 Å². The van der Waals surface area contributed by atoms with Crippen LogP contribution in [0.25, 0.3) is 11.2 Å². The van der Waals surface area contributed by atoms with E-state index in [4.69, 9.17) is 4.74 Å². The summed E-state index contributed by atoms with van der Waals surface area (Å²) in [7, 11) is 0. The number of amides is 2. The second-order valence-electron chi connectivity index (χ2n) is 8.20. The monoisotopic (exact) mass is 385 g/mol. The number of H-pyrrole nitrogens is 1. The van der Waals surface area contributed by atoms with Gasteiger partial charge in [-0.15, -0.1) is 0 Å². The van der Waals surface area contributed by atoms with Crippen molar-refractivity contribution in [3.63, 3.8) is 0 Å². The van der Waals surface area contributed by atoms with Gasteiger partial charge in [0.15, 0.2) is 5.65 Å². The Hall–Kier alpha value is -2.90. The average Bonchev–Trinajstić information content (AvgIpc) is 3.09. The second kappa shape index (κ2) is 8.00. The molecule has 1 fully saturated rings. The van der Waals surface area contributed by atoms with Crippen molar-refractivity contribution in [3.05, 3.63) is 30.6 Å². The largest absolute Gasteiger partial charge is 0.473 e. The highest BCUT2D eigenvalue weighted by Crippen LogP contribution is 2.21. The SMILES string of the molecule is C=CC(=O)N1CCC(Oc2cnc3[nH]cc(C(=O)NCC(C)(C)C)c3n2)CC1. The third-order valence-electron chi connectivity index (χ3n) is 4.60. The quantitative estimate of drug-likeness (QED) is 0.769. The summed E-state index contributed by atoms with van der Waals surface area (Å²) in [4.78, 5) is 37.7. The maximum Gasteiger partial charge on any atom is 0.255 e. The van der Waals surface area contributed by atoms with Crippen LogP contribution in [0.4, 0.5) is 0 Å². The van der Waals surface area contributed by atoms with Crippen molar-refractivity contribution in [1.82, 2.24) is 25.2 Å². The Labute approximate surface area is 164 Å². The lowest BCUT2D eigenvalue weighted by Crippen LogP contribution is -2.41. The number of carbonyl (C=O) groups excluding carboxylic acids is 2. The molecule has 28 heavy (non-hydrogen) atoms. The van der Waals surface area contributed by atoms with Gasteiger partial charge in [0.25, 0.3) is 5.91 Å². The second-order valence-corrected chi connectivity index (χ2v) is 8.20. The Kier molecular flexibility index (Phi) is 5.67. The zero-order chi connectivity index (χ0) is 20.3. The molecule has 150 valence electrons. The summed E-state index contributed by atoms with van der Waals surface area (Å²) < 4.78 is 5.96. The topological polar surface area (TPSA) is 100 Å². The van der Waals surface area contributed by atoms with Gasteiger partial charge >= 0.3 is 0 Å². The van der Waals surface area contributed by atoms with Crippen LogP contribution < -0.4 is 10.1 Å². The number of hydrogen-bond acceptors (Lipinski definition) is 5. The van der Waals surface area contributed by atoms with Crippen LogP contribution in [-0.2, 0) is 4.79 Å². The third-order valence-corrected chi connectivity index (χ3v) is 4.60. The van der Waals surface area contributed by atoms with Crippen molar-refractivity contribution in [3.8, 4) is 5.88 Å². The summed E-state index contributed by atoms with van der Waals surface area (Å²) in [5.74, 6) is 0.132. The molecule has 0 aromatic carbocycles. The molecule has 0 aliphatic carbocycles. The van der Waals surface area contributed by atoms with Gasteiger partial charge < -0.3 is 19.9 Å². The highest BCUT2D eigenvalue weighted by atomic mass is 16.5. The van der Waals surface area contributed by atoms with Gasteiger partial charge in [-0.25, -0.2) is 9.97 Å². The van der Waals surface area contributed by atoms with E-state index < -0.39 is 0 Å². The summed E-state index contributed by atoms with van der Waals surface area (Å²) in [5.41, 5.74) is 1.47. The number of ether oxygens (including phenoxy) is 1. The number of piperidine rings is 1. The molecule has 1 saturated heterocycles. The summed E-state index contributed by atoms with van der Waals surface area (Å²) in [6.45, 7) is 11.5. The number of nitrogens with zero attached hydrogens (tertiary/aromatic N) is 3. The fourth-order valence-corrected chi connectivity index (χ4v) is 3.04. The molecule has 1 aliphatic rings. The highest BCUT2D eigenvalue weighted by Gasteiger charge is 2.24. The van der Waals surface area contributed by atoms with E-state index in [1.807, 2.05) is 0 Å².